The van der Waals surface area contributed by atoms with Crippen LogP contribution in [0.15, 0.2) is 24.3 Å². The van der Waals surface area contributed by atoms with Crippen LogP contribution in [0.25, 0.3) is 10.2 Å². The SMILES string of the molecule is OC1(Cc2nc3ccccc3s2)CC2CCC1C2. The maximum atomic E-state index is 10.8. The first-order valence-corrected chi connectivity index (χ1v) is 7.61. The number of aliphatic hydroxyl groups is 1. The lowest BCUT2D eigenvalue weighted by atomic mass is 9.82. The van der Waals surface area contributed by atoms with E-state index in [4.69, 9.17) is 0 Å². The predicted octanol–water partition coefficient (Wildman–Crippen LogP) is 3.39. The second kappa shape index (κ2) is 3.78. The van der Waals surface area contributed by atoms with Crippen LogP contribution in [0.1, 0.15) is 30.7 Å². The molecule has 2 nitrogen and oxygen atoms in total. The van der Waals surface area contributed by atoms with Gasteiger partial charge in [0.25, 0.3) is 0 Å². The minimum Gasteiger partial charge on any atom is -0.389 e. The summed E-state index contributed by atoms with van der Waals surface area (Å²) in [6.45, 7) is 0. The Balaban J connectivity index is 1.64. The molecule has 2 aliphatic carbocycles. The molecule has 0 aliphatic heterocycles. The standard InChI is InChI=1S/C15H17NOS/c17-15(8-10-5-6-11(15)7-10)9-14-16-12-3-1-2-4-13(12)18-14/h1-4,10-11,17H,5-9H2. The number of fused-ring (bicyclic) bond motifs is 3. The summed E-state index contributed by atoms with van der Waals surface area (Å²) in [7, 11) is 0. The molecule has 0 saturated heterocycles. The molecule has 3 heteroatoms. The molecule has 94 valence electrons. The Morgan fingerprint density at radius 2 is 2.22 bits per heavy atom. The van der Waals surface area contributed by atoms with Gasteiger partial charge in [-0.3, -0.25) is 0 Å². The molecular weight excluding hydrogens is 242 g/mol. The first-order chi connectivity index (χ1) is 8.73. The summed E-state index contributed by atoms with van der Waals surface area (Å²) in [6.07, 6.45) is 5.53. The molecule has 2 fully saturated rings. The van der Waals surface area contributed by atoms with Crippen LogP contribution in [0.5, 0.6) is 0 Å². The molecule has 2 aliphatic rings. The van der Waals surface area contributed by atoms with Crippen LogP contribution in [0.4, 0.5) is 0 Å². The molecule has 0 amide bonds. The highest BCUT2D eigenvalue weighted by Gasteiger charge is 2.50. The number of nitrogens with zero attached hydrogens (tertiary/aromatic N) is 1. The fourth-order valence-corrected chi connectivity index (χ4v) is 4.97. The van der Waals surface area contributed by atoms with Crippen molar-refractivity contribution in [3.8, 4) is 0 Å². The van der Waals surface area contributed by atoms with Crippen molar-refractivity contribution in [2.45, 2.75) is 37.7 Å². The van der Waals surface area contributed by atoms with Crippen molar-refractivity contribution in [3.63, 3.8) is 0 Å². The largest absolute Gasteiger partial charge is 0.389 e. The Bertz CT molecular complexity index is 560. The third-order valence-electron chi connectivity index (χ3n) is 4.74. The van der Waals surface area contributed by atoms with Gasteiger partial charge in [0.1, 0.15) is 0 Å². The number of aromatic nitrogens is 1. The molecule has 3 atom stereocenters. The minimum atomic E-state index is -0.462. The van der Waals surface area contributed by atoms with E-state index >= 15 is 0 Å². The third kappa shape index (κ3) is 1.61. The van der Waals surface area contributed by atoms with Gasteiger partial charge in [0, 0.05) is 6.42 Å². The molecule has 0 radical (unpaired) electrons. The van der Waals surface area contributed by atoms with Crippen molar-refractivity contribution < 1.29 is 5.11 Å². The summed E-state index contributed by atoms with van der Waals surface area (Å²) >= 11 is 1.74. The topological polar surface area (TPSA) is 33.1 Å². The van der Waals surface area contributed by atoms with Crippen molar-refractivity contribution in [2.24, 2.45) is 11.8 Å². The fraction of sp³-hybridized carbons (Fsp3) is 0.533. The fourth-order valence-electron chi connectivity index (χ4n) is 3.89. The van der Waals surface area contributed by atoms with E-state index in [1.165, 1.54) is 24.0 Å². The number of para-hydroxylation sites is 1. The van der Waals surface area contributed by atoms with Crippen LogP contribution in [-0.4, -0.2) is 15.7 Å². The van der Waals surface area contributed by atoms with Gasteiger partial charge in [-0.2, -0.15) is 0 Å². The van der Waals surface area contributed by atoms with E-state index < -0.39 is 5.60 Å². The van der Waals surface area contributed by atoms with Gasteiger partial charge in [-0.05, 0) is 49.7 Å². The van der Waals surface area contributed by atoms with Crippen LogP contribution < -0.4 is 0 Å². The van der Waals surface area contributed by atoms with E-state index in [1.807, 2.05) is 6.07 Å². The van der Waals surface area contributed by atoms with E-state index in [9.17, 15) is 5.11 Å². The number of thiazole rings is 1. The van der Waals surface area contributed by atoms with Crippen molar-refractivity contribution in [3.05, 3.63) is 29.3 Å². The van der Waals surface area contributed by atoms with Gasteiger partial charge >= 0.3 is 0 Å². The lowest BCUT2D eigenvalue weighted by Gasteiger charge is -2.31. The van der Waals surface area contributed by atoms with Crippen molar-refractivity contribution in [2.75, 3.05) is 0 Å². The van der Waals surface area contributed by atoms with Crippen LogP contribution in [-0.2, 0) is 6.42 Å². The molecule has 3 unspecified atom stereocenters. The molecule has 1 heterocycles. The van der Waals surface area contributed by atoms with E-state index in [2.05, 4.69) is 23.2 Å². The molecular formula is C15H17NOS. The number of hydrogen-bond donors (Lipinski definition) is 1. The molecule has 1 aromatic heterocycles. The van der Waals surface area contributed by atoms with Crippen LogP contribution in [0.2, 0.25) is 0 Å². The van der Waals surface area contributed by atoms with Crippen molar-refractivity contribution in [1.82, 2.24) is 4.98 Å². The van der Waals surface area contributed by atoms with Crippen LogP contribution >= 0.6 is 11.3 Å². The summed E-state index contributed by atoms with van der Waals surface area (Å²) < 4.78 is 1.24. The molecule has 2 saturated carbocycles. The second-order valence-electron chi connectivity index (χ2n) is 5.94. The third-order valence-corrected chi connectivity index (χ3v) is 5.78. The summed E-state index contributed by atoms with van der Waals surface area (Å²) in [5, 5.41) is 11.9. The molecule has 2 bridgehead atoms. The van der Waals surface area contributed by atoms with Gasteiger partial charge in [0.2, 0.25) is 0 Å². The molecule has 0 spiro atoms. The van der Waals surface area contributed by atoms with Gasteiger partial charge in [0.05, 0.1) is 20.8 Å². The monoisotopic (exact) mass is 259 g/mol. The average molecular weight is 259 g/mol. The van der Waals surface area contributed by atoms with Crippen molar-refractivity contribution >= 4 is 21.6 Å². The zero-order chi connectivity index (χ0) is 12.2. The van der Waals surface area contributed by atoms with Crippen LogP contribution in [0, 0.1) is 11.8 Å². The molecule has 1 N–H and O–H groups in total. The Morgan fingerprint density at radius 3 is 2.94 bits per heavy atom. The zero-order valence-electron chi connectivity index (χ0n) is 10.3. The zero-order valence-corrected chi connectivity index (χ0v) is 11.1. The Morgan fingerprint density at radius 1 is 1.33 bits per heavy atom. The highest BCUT2D eigenvalue weighted by atomic mass is 32.1. The smallest absolute Gasteiger partial charge is 0.0967 e. The second-order valence-corrected chi connectivity index (χ2v) is 7.05. The summed E-state index contributed by atoms with van der Waals surface area (Å²) in [5.41, 5.74) is 0.612. The van der Waals surface area contributed by atoms with Gasteiger partial charge in [-0.25, -0.2) is 4.98 Å². The molecule has 2 aromatic rings. The number of rotatable bonds is 2. The average Bonchev–Trinajstić information content (AvgIpc) is 3.00. The normalized spacial score (nSPS) is 34.5. The Labute approximate surface area is 111 Å². The first kappa shape index (κ1) is 10.9. The first-order valence-electron chi connectivity index (χ1n) is 6.80. The lowest BCUT2D eigenvalue weighted by Crippen LogP contribution is -2.37. The molecule has 4 rings (SSSR count). The summed E-state index contributed by atoms with van der Waals surface area (Å²) in [5.74, 6) is 1.30. The predicted molar refractivity (Wildman–Crippen MR) is 73.7 cm³/mol. The molecule has 18 heavy (non-hydrogen) atoms. The maximum absolute atomic E-state index is 10.8. The van der Waals surface area contributed by atoms with E-state index in [-0.39, 0.29) is 0 Å². The van der Waals surface area contributed by atoms with Crippen molar-refractivity contribution in [1.29, 1.82) is 0 Å². The number of hydrogen-bond acceptors (Lipinski definition) is 3. The van der Waals surface area contributed by atoms with Gasteiger partial charge in [0.15, 0.2) is 0 Å². The lowest BCUT2D eigenvalue weighted by molar-refractivity contribution is -0.0125. The van der Waals surface area contributed by atoms with Crippen LogP contribution in [0.3, 0.4) is 0 Å². The van der Waals surface area contributed by atoms with E-state index in [1.54, 1.807) is 11.3 Å². The van der Waals surface area contributed by atoms with Gasteiger partial charge in [-0.15, -0.1) is 11.3 Å². The molecule has 1 aromatic carbocycles. The Kier molecular flexibility index (Phi) is 2.30. The maximum Gasteiger partial charge on any atom is 0.0967 e. The summed E-state index contributed by atoms with van der Waals surface area (Å²) in [6, 6.07) is 8.25. The summed E-state index contributed by atoms with van der Waals surface area (Å²) in [4.78, 5) is 4.66. The highest BCUT2D eigenvalue weighted by molar-refractivity contribution is 7.18. The highest BCUT2D eigenvalue weighted by Crippen LogP contribution is 2.52. The van der Waals surface area contributed by atoms with Gasteiger partial charge < -0.3 is 5.11 Å². The quantitative estimate of drug-likeness (QED) is 0.896. The Hall–Kier alpha value is -0.930. The number of benzene rings is 1. The van der Waals surface area contributed by atoms with E-state index in [0.717, 1.165) is 29.3 Å². The van der Waals surface area contributed by atoms with E-state index in [0.29, 0.717) is 5.92 Å². The minimum absolute atomic E-state index is 0.462. The van der Waals surface area contributed by atoms with Gasteiger partial charge in [-0.1, -0.05) is 12.1 Å².